The zero-order valence-electron chi connectivity index (χ0n) is 8.06. The van der Waals surface area contributed by atoms with Crippen molar-refractivity contribution in [1.82, 2.24) is 0 Å². The molecule has 0 aliphatic rings. The van der Waals surface area contributed by atoms with Crippen LogP contribution in [0.1, 0.15) is 29.5 Å². The number of halogens is 1. The summed E-state index contributed by atoms with van der Waals surface area (Å²) in [6, 6.07) is 5.21. The Morgan fingerprint density at radius 1 is 1.38 bits per heavy atom. The zero-order valence-corrected chi connectivity index (χ0v) is 8.06. The van der Waals surface area contributed by atoms with Crippen molar-refractivity contribution in [2.75, 3.05) is 0 Å². The van der Waals surface area contributed by atoms with E-state index in [0.717, 1.165) is 11.1 Å². The minimum absolute atomic E-state index is 0.280. The number of benzene rings is 1. The molecular formula is C11H12FN. The first-order chi connectivity index (χ1) is 6.07. The highest BCUT2D eigenvalue weighted by molar-refractivity contribution is 5.38. The predicted octanol–water partition coefficient (Wildman–Crippen LogP) is 3.07. The third kappa shape index (κ3) is 1.70. The minimum atomic E-state index is -0.375. The SMILES string of the molecule is Cc1ccc(F)c(C(C)C#N)c1C. The van der Waals surface area contributed by atoms with Gasteiger partial charge in [0.1, 0.15) is 5.82 Å². The maximum absolute atomic E-state index is 13.3. The first-order valence-electron chi connectivity index (χ1n) is 4.23. The molecule has 0 radical (unpaired) electrons. The lowest BCUT2D eigenvalue weighted by atomic mass is 9.94. The molecule has 0 aliphatic carbocycles. The summed E-state index contributed by atoms with van der Waals surface area (Å²) in [4.78, 5) is 0. The Kier molecular flexibility index (Phi) is 2.67. The molecule has 1 atom stereocenters. The molecule has 1 aromatic carbocycles. The van der Waals surface area contributed by atoms with E-state index in [1.54, 1.807) is 13.0 Å². The first kappa shape index (κ1) is 9.73. The summed E-state index contributed by atoms with van der Waals surface area (Å²) in [7, 11) is 0. The van der Waals surface area contributed by atoms with Gasteiger partial charge in [0.2, 0.25) is 0 Å². The summed E-state index contributed by atoms with van der Waals surface area (Å²) < 4.78 is 13.3. The molecule has 0 heterocycles. The van der Waals surface area contributed by atoms with Crippen LogP contribution in [0.5, 0.6) is 0 Å². The molecular weight excluding hydrogens is 165 g/mol. The van der Waals surface area contributed by atoms with E-state index in [9.17, 15) is 4.39 Å². The molecule has 0 aromatic heterocycles. The summed E-state index contributed by atoms with van der Waals surface area (Å²) in [5.41, 5.74) is 2.44. The van der Waals surface area contributed by atoms with Gasteiger partial charge in [-0.15, -0.1) is 0 Å². The Morgan fingerprint density at radius 3 is 2.54 bits per heavy atom. The van der Waals surface area contributed by atoms with Crippen molar-refractivity contribution in [3.63, 3.8) is 0 Å². The lowest BCUT2D eigenvalue weighted by Crippen LogP contribution is -2.00. The largest absolute Gasteiger partial charge is 0.207 e. The standard InChI is InChI=1S/C11H12FN/c1-7-4-5-10(12)11(9(7)3)8(2)6-13/h4-5,8H,1-3H3. The minimum Gasteiger partial charge on any atom is -0.207 e. The molecule has 0 saturated heterocycles. The third-order valence-electron chi connectivity index (χ3n) is 2.36. The molecule has 0 bridgehead atoms. The molecule has 1 nitrogen and oxygen atoms in total. The van der Waals surface area contributed by atoms with Crippen molar-refractivity contribution in [3.8, 4) is 6.07 Å². The fourth-order valence-corrected chi connectivity index (χ4v) is 1.40. The van der Waals surface area contributed by atoms with Gasteiger partial charge < -0.3 is 0 Å². The molecule has 0 fully saturated rings. The lowest BCUT2D eigenvalue weighted by molar-refractivity contribution is 0.603. The van der Waals surface area contributed by atoms with Crippen LogP contribution in [-0.4, -0.2) is 0 Å². The Labute approximate surface area is 77.8 Å². The van der Waals surface area contributed by atoms with Crippen LogP contribution in [0, 0.1) is 31.0 Å². The molecule has 13 heavy (non-hydrogen) atoms. The molecule has 0 spiro atoms. The van der Waals surface area contributed by atoms with Crippen molar-refractivity contribution in [1.29, 1.82) is 5.26 Å². The van der Waals surface area contributed by atoms with Gasteiger partial charge in [-0.1, -0.05) is 6.07 Å². The van der Waals surface area contributed by atoms with E-state index in [0.29, 0.717) is 5.56 Å². The highest BCUT2D eigenvalue weighted by Gasteiger charge is 2.13. The second kappa shape index (κ2) is 3.57. The van der Waals surface area contributed by atoms with Crippen LogP contribution in [0.15, 0.2) is 12.1 Å². The number of rotatable bonds is 1. The van der Waals surface area contributed by atoms with E-state index in [1.165, 1.54) is 6.07 Å². The average molecular weight is 177 g/mol. The van der Waals surface area contributed by atoms with Gasteiger partial charge in [0, 0.05) is 5.56 Å². The van der Waals surface area contributed by atoms with Crippen molar-refractivity contribution in [2.24, 2.45) is 0 Å². The van der Waals surface area contributed by atoms with Gasteiger partial charge in [-0.2, -0.15) is 5.26 Å². The molecule has 1 unspecified atom stereocenters. The van der Waals surface area contributed by atoms with Crippen molar-refractivity contribution < 1.29 is 4.39 Å². The number of hydrogen-bond acceptors (Lipinski definition) is 1. The van der Waals surface area contributed by atoms with Crippen LogP contribution in [0.4, 0.5) is 4.39 Å². The molecule has 0 saturated carbocycles. The summed E-state index contributed by atoms with van der Waals surface area (Å²) in [6.07, 6.45) is 0. The quantitative estimate of drug-likeness (QED) is 0.646. The highest BCUT2D eigenvalue weighted by atomic mass is 19.1. The van der Waals surface area contributed by atoms with E-state index in [1.807, 2.05) is 13.8 Å². The normalized spacial score (nSPS) is 12.2. The Hall–Kier alpha value is -1.36. The molecule has 1 aromatic rings. The molecule has 2 heteroatoms. The van der Waals surface area contributed by atoms with Crippen molar-refractivity contribution in [2.45, 2.75) is 26.7 Å². The van der Waals surface area contributed by atoms with Crippen LogP contribution in [0.3, 0.4) is 0 Å². The molecule has 0 N–H and O–H groups in total. The Morgan fingerprint density at radius 2 is 2.00 bits per heavy atom. The predicted molar refractivity (Wildman–Crippen MR) is 49.9 cm³/mol. The fraction of sp³-hybridized carbons (Fsp3) is 0.364. The Bertz CT molecular complexity index is 363. The number of hydrogen-bond donors (Lipinski definition) is 0. The van der Waals surface area contributed by atoms with E-state index in [4.69, 9.17) is 5.26 Å². The number of aryl methyl sites for hydroxylation is 1. The molecule has 1 rings (SSSR count). The van der Waals surface area contributed by atoms with E-state index in [2.05, 4.69) is 6.07 Å². The summed E-state index contributed by atoms with van der Waals surface area (Å²) in [6.45, 7) is 5.48. The van der Waals surface area contributed by atoms with E-state index >= 15 is 0 Å². The average Bonchev–Trinajstić information content (AvgIpc) is 2.12. The van der Waals surface area contributed by atoms with Crippen LogP contribution in [0.2, 0.25) is 0 Å². The summed E-state index contributed by atoms with van der Waals surface area (Å²) in [5, 5.41) is 8.71. The van der Waals surface area contributed by atoms with Crippen LogP contribution in [0.25, 0.3) is 0 Å². The first-order valence-corrected chi connectivity index (χ1v) is 4.23. The monoisotopic (exact) mass is 177 g/mol. The topological polar surface area (TPSA) is 23.8 Å². The molecule has 0 amide bonds. The van der Waals surface area contributed by atoms with Gasteiger partial charge in [0.25, 0.3) is 0 Å². The van der Waals surface area contributed by atoms with Gasteiger partial charge in [-0.05, 0) is 38.0 Å². The van der Waals surface area contributed by atoms with Gasteiger partial charge in [0.15, 0.2) is 0 Å². The maximum Gasteiger partial charge on any atom is 0.128 e. The van der Waals surface area contributed by atoms with Gasteiger partial charge in [-0.3, -0.25) is 0 Å². The Balaban J connectivity index is 3.35. The fourth-order valence-electron chi connectivity index (χ4n) is 1.40. The molecule has 0 aliphatic heterocycles. The second-order valence-corrected chi connectivity index (χ2v) is 3.25. The van der Waals surface area contributed by atoms with Crippen molar-refractivity contribution in [3.05, 3.63) is 34.6 Å². The lowest BCUT2D eigenvalue weighted by Gasteiger charge is -2.10. The van der Waals surface area contributed by atoms with E-state index in [-0.39, 0.29) is 11.7 Å². The molecule has 68 valence electrons. The second-order valence-electron chi connectivity index (χ2n) is 3.25. The van der Waals surface area contributed by atoms with Gasteiger partial charge in [0.05, 0.1) is 12.0 Å². The van der Waals surface area contributed by atoms with Crippen LogP contribution >= 0.6 is 0 Å². The summed E-state index contributed by atoms with van der Waals surface area (Å²) in [5.74, 6) is -0.656. The van der Waals surface area contributed by atoms with Crippen LogP contribution in [-0.2, 0) is 0 Å². The third-order valence-corrected chi connectivity index (χ3v) is 2.36. The van der Waals surface area contributed by atoms with Gasteiger partial charge in [-0.25, -0.2) is 4.39 Å². The number of nitrogens with zero attached hydrogens (tertiary/aromatic N) is 1. The highest BCUT2D eigenvalue weighted by Crippen LogP contribution is 2.24. The van der Waals surface area contributed by atoms with Crippen LogP contribution < -0.4 is 0 Å². The van der Waals surface area contributed by atoms with Crippen molar-refractivity contribution >= 4 is 0 Å². The zero-order chi connectivity index (χ0) is 10.0. The number of nitriles is 1. The van der Waals surface area contributed by atoms with Gasteiger partial charge >= 0.3 is 0 Å². The smallest absolute Gasteiger partial charge is 0.128 e. The van der Waals surface area contributed by atoms with E-state index < -0.39 is 0 Å². The summed E-state index contributed by atoms with van der Waals surface area (Å²) >= 11 is 0. The maximum atomic E-state index is 13.3.